The van der Waals surface area contributed by atoms with Crippen molar-refractivity contribution in [3.8, 4) is 0 Å². The molecule has 1 heterocycles. The number of ether oxygens (including phenoxy) is 1. The molecule has 0 spiro atoms. The predicted molar refractivity (Wildman–Crippen MR) is 81.6 cm³/mol. The molecule has 0 bridgehead atoms. The van der Waals surface area contributed by atoms with Crippen molar-refractivity contribution in [2.24, 2.45) is 5.10 Å². The standard InChI is InChI=1S/C15H27N3O2/c1-6-10-16-18(7-2)13-8-11-17(12-9-13)14(19)20-15(3,4)5/h7,10,13H,2,6,8-9,11-12H2,1,3-5H3/b16-10-. The van der Waals surface area contributed by atoms with Crippen LogP contribution in [0.5, 0.6) is 0 Å². The average molecular weight is 281 g/mol. The quantitative estimate of drug-likeness (QED) is 0.587. The largest absolute Gasteiger partial charge is 0.444 e. The summed E-state index contributed by atoms with van der Waals surface area (Å²) in [7, 11) is 0. The van der Waals surface area contributed by atoms with Gasteiger partial charge in [-0.2, -0.15) is 5.10 Å². The number of nitrogens with zero attached hydrogens (tertiary/aromatic N) is 3. The third-order valence-electron chi connectivity index (χ3n) is 3.07. The number of piperidine rings is 1. The number of hydrogen-bond acceptors (Lipinski definition) is 4. The third-order valence-corrected chi connectivity index (χ3v) is 3.07. The fourth-order valence-electron chi connectivity index (χ4n) is 2.11. The fraction of sp³-hybridized carbons (Fsp3) is 0.733. The highest BCUT2D eigenvalue weighted by Gasteiger charge is 2.28. The van der Waals surface area contributed by atoms with Gasteiger partial charge in [-0.3, -0.25) is 5.01 Å². The summed E-state index contributed by atoms with van der Waals surface area (Å²) < 4.78 is 5.39. The van der Waals surface area contributed by atoms with Crippen molar-refractivity contribution >= 4 is 12.3 Å². The van der Waals surface area contributed by atoms with Gasteiger partial charge >= 0.3 is 6.09 Å². The summed E-state index contributed by atoms with van der Waals surface area (Å²) in [5, 5.41) is 6.27. The Balaban J connectivity index is 2.48. The lowest BCUT2D eigenvalue weighted by Crippen LogP contribution is -2.45. The van der Waals surface area contributed by atoms with Gasteiger partial charge in [0, 0.05) is 25.5 Å². The molecule has 1 aliphatic rings. The van der Waals surface area contributed by atoms with Crippen LogP contribution >= 0.6 is 0 Å². The van der Waals surface area contributed by atoms with Gasteiger partial charge in [0.15, 0.2) is 0 Å². The van der Waals surface area contributed by atoms with Crippen molar-refractivity contribution in [2.75, 3.05) is 13.1 Å². The molecule has 0 saturated carbocycles. The monoisotopic (exact) mass is 281 g/mol. The van der Waals surface area contributed by atoms with Crippen LogP contribution in [0.2, 0.25) is 0 Å². The molecule has 1 amide bonds. The molecular weight excluding hydrogens is 254 g/mol. The minimum atomic E-state index is -0.438. The summed E-state index contributed by atoms with van der Waals surface area (Å²) in [4.78, 5) is 13.7. The summed E-state index contributed by atoms with van der Waals surface area (Å²) in [5.74, 6) is 0. The van der Waals surface area contributed by atoms with Crippen LogP contribution in [0, 0.1) is 0 Å². The third kappa shape index (κ3) is 5.23. The van der Waals surface area contributed by atoms with Crippen molar-refractivity contribution < 1.29 is 9.53 Å². The van der Waals surface area contributed by atoms with Gasteiger partial charge in [0.1, 0.15) is 5.60 Å². The van der Waals surface area contributed by atoms with E-state index in [1.807, 2.05) is 32.0 Å². The number of carbonyl (C=O) groups is 1. The second-order valence-electron chi connectivity index (χ2n) is 5.97. The van der Waals surface area contributed by atoms with Gasteiger partial charge in [0.25, 0.3) is 0 Å². The van der Waals surface area contributed by atoms with Crippen LogP contribution in [0.15, 0.2) is 17.9 Å². The van der Waals surface area contributed by atoms with E-state index in [1.165, 1.54) is 0 Å². The minimum absolute atomic E-state index is 0.224. The molecule has 0 atom stereocenters. The number of amides is 1. The molecule has 5 nitrogen and oxygen atoms in total. The zero-order chi connectivity index (χ0) is 15.2. The van der Waals surface area contributed by atoms with Crippen LogP contribution < -0.4 is 0 Å². The lowest BCUT2D eigenvalue weighted by Gasteiger charge is -2.36. The topological polar surface area (TPSA) is 45.1 Å². The van der Waals surface area contributed by atoms with E-state index in [0.717, 1.165) is 19.3 Å². The minimum Gasteiger partial charge on any atom is -0.444 e. The lowest BCUT2D eigenvalue weighted by atomic mass is 10.1. The summed E-state index contributed by atoms with van der Waals surface area (Å²) in [6.07, 6.45) is 6.07. The number of hydrogen-bond donors (Lipinski definition) is 0. The number of rotatable bonds is 4. The molecular formula is C15H27N3O2. The van der Waals surface area contributed by atoms with E-state index in [4.69, 9.17) is 4.74 Å². The van der Waals surface area contributed by atoms with Crippen molar-refractivity contribution in [3.05, 3.63) is 12.8 Å². The molecule has 1 saturated heterocycles. The van der Waals surface area contributed by atoms with Gasteiger partial charge in [0.05, 0.1) is 6.04 Å². The van der Waals surface area contributed by atoms with Crippen LogP contribution in [0.1, 0.15) is 47.0 Å². The van der Waals surface area contributed by atoms with Crippen LogP contribution in [-0.2, 0) is 4.74 Å². The van der Waals surface area contributed by atoms with Crippen LogP contribution in [0.3, 0.4) is 0 Å². The molecule has 114 valence electrons. The predicted octanol–water partition coefficient (Wildman–Crippen LogP) is 3.23. The molecule has 0 aliphatic carbocycles. The molecule has 0 aromatic carbocycles. The molecule has 1 aliphatic heterocycles. The van der Waals surface area contributed by atoms with E-state index in [1.54, 1.807) is 11.1 Å². The first-order valence-corrected chi connectivity index (χ1v) is 7.28. The van der Waals surface area contributed by atoms with Crippen molar-refractivity contribution in [3.63, 3.8) is 0 Å². The number of likely N-dealkylation sites (tertiary alicyclic amines) is 1. The van der Waals surface area contributed by atoms with Gasteiger partial charge in [-0.05, 0) is 40.0 Å². The van der Waals surface area contributed by atoms with E-state index in [9.17, 15) is 4.79 Å². The Morgan fingerprint density at radius 2 is 2.05 bits per heavy atom. The van der Waals surface area contributed by atoms with Crippen LogP contribution in [0.4, 0.5) is 4.79 Å². The summed E-state index contributed by atoms with van der Waals surface area (Å²) >= 11 is 0. The fourth-order valence-corrected chi connectivity index (χ4v) is 2.11. The van der Waals surface area contributed by atoms with E-state index < -0.39 is 5.60 Å². The Kier molecular flexibility index (Phi) is 6.05. The van der Waals surface area contributed by atoms with Gasteiger partial charge in [0.2, 0.25) is 0 Å². The normalized spacial score (nSPS) is 17.3. The maximum Gasteiger partial charge on any atom is 0.410 e. The number of hydrazone groups is 1. The van der Waals surface area contributed by atoms with Crippen molar-refractivity contribution in [1.29, 1.82) is 0 Å². The van der Waals surface area contributed by atoms with Gasteiger partial charge < -0.3 is 9.64 Å². The summed E-state index contributed by atoms with van der Waals surface area (Å²) in [6, 6.07) is 0.314. The Morgan fingerprint density at radius 3 is 2.50 bits per heavy atom. The first-order chi connectivity index (χ1) is 9.37. The average Bonchev–Trinajstić information content (AvgIpc) is 2.38. The Morgan fingerprint density at radius 1 is 1.45 bits per heavy atom. The maximum atomic E-state index is 12.0. The second kappa shape index (κ2) is 7.31. The second-order valence-corrected chi connectivity index (χ2v) is 5.97. The first kappa shape index (κ1) is 16.5. The van der Waals surface area contributed by atoms with Crippen LogP contribution in [-0.4, -0.2) is 46.9 Å². The van der Waals surface area contributed by atoms with E-state index in [-0.39, 0.29) is 6.09 Å². The molecule has 1 rings (SSSR count). The molecule has 0 unspecified atom stereocenters. The van der Waals surface area contributed by atoms with E-state index in [2.05, 4.69) is 18.6 Å². The SMILES string of the molecule is C=CN(/N=C\CC)C1CCN(C(=O)OC(C)(C)C)CC1. The molecule has 1 fully saturated rings. The highest BCUT2D eigenvalue weighted by molar-refractivity contribution is 5.68. The zero-order valence-electron chi connectivity index (χ0n) is 13.1. The summed E-state index contributed by atoms with van der Waals surface area (Å²) in [6.45, 7) is 12.9. The highest BCUT2D eigenvalue weighted by Crippen LogP contribution is 2.19. The maximum absolute atomic E-state index is 12.0. The van der Waals surface area contributed by atoms with Gasteiger partial charge in [-0.1, -0.05) is 13.5 Å². The van der Waals surface area contributed by atoms with Crippen LogP contribution in [0.25, 0.3) is 0 Å². The van der Waals surface area contributed by atoms with Crippen molar-refractivity contribution in [1.82, 2.24) is 9.91 Å². The van der Waals surface area contributed by atoms with Gasteiger partial charge in [-0.25, -0.2) is 4.79 Å². The smallest absolute Gasteiger partial charge is 0.410 e. The first-order valence-electron chi connectivity index (χ1n) is 7.28. The summed E-state index contributed by atoms with van der Waals surface area (Å²) in [5.41, 5.74) is -0.438. The Labute approximate surface area is 122 Å². The van der Waals surface area contributed by atoms with E-state index >= 15 is 0 Å². The molecule has 20 heavy (non-hydrogen) atoms. The molecule has 0 N–H and O–H groups in total. The Hall–Kier alpha value is -1.52. The zero-order valence-corrected chi connectivity index (χ0v) is 13.1. The molecule has 5 heteroatoms. The lowest BCUT2D eigenvalue weighted by molar-refractivity contribution is 0.0167. The van der Waals surface area contributed by atoms with Crippen molar-refractivity contribution in [2.45, 2.75) is 58.6 Å². The van der Waals surface area contributed by atoms with Gasteiger partial charge in [-0.15, -0.1) is 0 Å². The number of carbonyl (C=O) groups excluding carboxylic acids is 1. The highest BCUT2D eigenvalue weighted by atomic mass is 16.6. The molecule has 0 aromatic rings. The molecule has 0 aromatic heterocycles. The molecule has 0 radical (unpaired) electrons. The Bertz CT molecular complexity index is 353. The van der Waals surface area contributed by atoms with E-state index in [0.29, 0.717) is 19.1 Å².